The first-order chi connectivity index (χ1) is 10.9. The molecular formula is C17H29N3O3S. The van der Waals surface area contributed by atoms with Gasteiger partial charge in [0.1, 0.15) is 0 Å². The van der Waals surface area contributed by atoms with Gasteiger partial charge in [-0.05, 0) is 63.4 Å². The molecule has 0 saturated carbocycles. The first-order valence-corrected chi connectivity index (χ1v) is 9.60. The van der Waals surface area contributed by atoms with E-state index < -0.39 is 10.0 Å². The number of aryl methyl sites for hydroxylation is 1. The minimum atomic E-state index is -3.81. The largest absolute Gasteiger partial charge is 0.325 e. The second-order valence-electron chi connectivity index (χ2n) is 6.90. The number of rotatable bonds is 7. The molecule has 0 aliphatic carbocycles. The van der Waals surface area contributed by atoms with Gasteiger partial charge in [0.15, 0.2) is 0 Å². The molecule has 24 heavy (non-hydrogen) atoms. The molecule has 0 aliphatic rings. The zero-order valence-corrected chi connectivity index (χ0v) is 16.2. The van der Waals surface area contributed by atoms with Crippen molar-refractivity contribution >= 4 is 21.6 Å². The van der Waals surface area contributed by atoms with Crippen molar-refractivity contribution in [2.45, 2.75) is 52.0 Å². The molecular weight excluding hydrogens is 326 g/mol. The van der Waals surface area contributed by atoms with E-state index in [0.29, 0.717) is 11.6 Å². The first kappa shape index (κ1) is 20.6. The lowest BCUT2D eigenvalue weighted by Crippen LogP contribution is -2.37. The van der Waals surface area contributed by atoms with Gasteiger partial charge in [-0.3, -0.25) is 9.69 Å². The molecule has 0 spiro atoms. The van der Waals surface area contributed by atoms with E-state index in [9.17, 15) is 13.2 Å². The van der Waals surface area contributed by atoms with E-state index in [1.807, 2.05) is 18.9 Å². The number of sulfonamides is 1. The Kier molecular flexibility index (Phi) is 6.95. The smallest absolute Gasteiger partial charge is 0.238 e. The number of carbonyl (C=O) groups excluding carboxylic acids is 1. The molecule has 1 aromatic carbocycles. The van der Waals surface area contributed by atoms with Crippen LogP contribution >= 0.6 is 0 Å². The molecule has 3 N–H and O–H groups in total. The van der Waals surface area contributed by atoms with Crippen LogP contribution in [0.1, 0.15) is 38.3 Å². The van der Waals surface area contributed by atoms with E-state index in [2.05, 4.69) is 26.1 Å². The van der Waals surface area contributed by atoms with Crippen molar-refractivity contribution in [3.05, 3.63) is 23.3 Å². The summed E-state index contributed by atoms with van der Waals surface area (Å²) in [6, 6.07) is 3.21. The third kappa shape index (κ3) is 5.89. The fourth-order valence-electron chi connectivity index (χ4n) is 2.55. The van der Waals surface area contributed by atoms with Gasteiger partial charge in [0.05, 0.1) is 11.4 Å². The average molecular weight is 356 g/mol. The van der Waals surface area contributed by atoms with Crippen molar-refractivity contribution in [2.75, 3.05) is 18.9 Å². The third-order valence-electron chi connectivity index (χ3n) is 4.20. The molecule has 1 rings (SSSR count). The van der Waals surface area contributed by atoms with Gasteiger partial charge in [-0.1, -0.05) is 13.8 Å². The standard InChI is InChI=1S/C17H29N3O3S/c1-11(2)7-13(4)20(6)10-17(21)19-16-9-15(24(18,22)23)8-12(3)14(16)5/h8-9,11,13H,7,10H2,1-6H3,(H,19,21)(H2,18,22,23). The molecule has 0 aromatic heterocycles. The van der Waals surface area contributed by atoms with Crippen LogP contribution in [0.15, 0.2) is 17.0 Å². The predicted octanol–water partition coefficient (Wildman–Crippen LogP) is 2.26. The van der Waals surface area contributed by atoms with Crippen molar-refractivity contribution in [3.63, 3.8) is 0 Å². The Morgan fingerprint density at radius 3 is 2.33 bits per heavy atom. The van der Waals surface area contributed by atoms with Crippen LogP contribution in [0.3, 0.4) is 0 Å². The maximum atomic E-state index is 12.3. The van der Waals surface area contributed by atoms with Crippen LogP contribution in [0, 0.1) is 19.8 Å². The Morgan fingerprint density at radius 2 is 1.83 bits per heavy atom. The van der Waals surface area contributed by atoms with Gasteiger partial charge in [0.2, 0.25) is 15.9 Å². The molecule has 1 aromatic rings. The van der Waals surface area contributed by atoms with Crippen LogP contribution in [0.2, 0.25) is 0 Å². The van der Waals surface area contributed by atoms with Gasteiger partial charge < -0.3 is 5.32 Å². The minimum Gasteiger partial charge on any atom is -0.325 e. The SMILES string of the molecule is Cc1cc(S(N)(=O)=O)cc(NC(=O)CN(C)C(C)CC(C)C)c1C. The second kappa shape index (κ2) is 8.09. The maximum Gasteiger partial charge on any atom is 0.238 e. The second-order valence-corrected chi connectivity index (χ2v) is 8.46. The highest BCUT2D eigenvalue weighted by Crippen LogP contribution is 2.23. The van der Waals surface area contributed by atoms with Crippen LogP contribution in [0.5, 0.6) is 0 Å². The van der Waals surface area contributed by atoms with Crippen molar-refractivity contribution in [1.29, 1.82) is 0 Å². The van der Waals surface area contributed by atoms with Gasteiger partial charge in [-0.25, -0.2) is 13.6 Å². The Balaban J connectivity index is 2.89. The van der Waals surface area contributed by atoms with E-state index in [-0.39, 0.29) is 23.4 Å². The fourth-order valence-corrected chi connectivity index (χ4v) is 3.18. The number of hydrogen-bond acceptors (Lipinski definition) is 4. The maximum absolute atomic E-state index is 12.3. The Hall–Kier alpha value is -1.44. The highest BCUT2D eigenvalue weighted by Gasteiger charge is 2.17. The average Bonchev–Trinajstić information content (AvgIpc) is 2.41. The van der Waals surface area contributed by atoms with Gasteiger partial charge >= 0.3 is 0 Å². The Morgan fingerprint density at radius 1 is 1.25 bits per heavy atom. The summed E-state index contributed by atoms with van der Waals surface area (Å²) in [5.74, 6) is 0.379. The molecule has 1 atom stereocenters. The molecule has 7 heteroatoms. The van der Waals surface area contributed by atoms with E-state index in [0.717, 1.165) is 17.5 Å². The van der Waals surface area contributed by atoms with Crippen molar-refractivity contribution in [2.24, 2.45) is 11.1 Å². The number of benzene rings is 1. The van der Waals surface area contributed by atoms with Crippen LogP contribution in [0.4, 0.5) is 5.69 Å². The summed E-state index contributed by atoms with van der Waals surface area (Å²) in [5.41, 5.74) is 2.07. The van der Waals surface area contributed by atoms with E-state index in [4.69, 9.17) is 5.14 Å². The van der Waals surface area contributed by atoms with E-state index in [1.54, 1.807) is 6.92 Å². The number of nitrogens with two attached hydrogens (primary N) is 1. The molecule has 0 aliphatic heterocycles. The molecule has 136 valence electrons. The summed E-state index contributed by atoms with van der Waals surface area (Å²) in [5, 5.41) is 8.00. The first-order valence-electron chi connectivity index (χ1n) is 8.06. The van der Waals surface area contributed by atoms with Crippen LogP contribution in [0.25, 0.3) is 0 Å². The highest BCUT2D eigenvalue weighted by atomic mass is 32.2. The van der Waals surface area contributed by atoms with Gasteiger partial charge in [0.25, 0.3) is 0 Å². The zero-order valence-electron chi connectivity index (χ0n) is 15.4. The van der Waals surface area contributed by atoms with Crippen molar-refractivity contribution in [3.8, 4) is 0 Å². The third-order valence-corrected chi connectivity index (χ3v) is 5.09. The number of carbonyl (C=O) groups is 1. The summed E-state index contributed by atoms with van der Waals surface area (Å²) in [6.45, 7) is 10.3. The molecule has 1 amide bonds. The zero-order chi connectivity index (χ0) is 18.7. The Bertz CT molecular complexity index is 699. The predicted molar refractivity (Wildman–Crippen MR) is 97.5 cm³/mol. The van der Waals surface area contributed by atoms with E-state index in [1.165, 1.54) is 12.1 Å². The van der Waals surface area contributed by atoms with Crippen molar-refractivity contribution < 1.29 is 13.2 Å². The molecule has 0 saturated heterocycles. The molecule has 6 nitrogen and oxygen atoms in total. The van der Waals surface area contributed by atoms with Crippen LogP contribution in [-0.4, -0.2) is 38.9 Å². The number of likely N-dealkylation sites (N-methyl/N-ethyl adjacent to an activating group) is 1. The number of amides is 1. The van der Waals surface area contributed by atoms with Crippen LogP contribution < -0.4 is 10.5 Å². The number of anilines is 1. The molecule has 0 bridgehead atoms. The van der Waals surface area contributed by atoms with Crippen molar-refractivity contribution in [1.82, 2.24) is 4.90 Å². The fraction of sp³-hybridized carbons (Fsp3) is 0.588. The number of primary sulfonamides is 1. The lowest BCUT2D eigenvalue weighted by atomic mass is 10.0. The van der Waals surface area contributed by atoms with Gasteiger partial charge in [0, 0.05) is 11.7 Å². The Labute approximate surface area is 145 Å². The monoisotopic (exact) mass is 355 g/mol. The van der Waals surface area contributed by atoms with Gasteiger partial charge in [-0.2, -0.15) is 0 Å². The normalized spacial score (nSPS) is 13.4. The summed E-state index contributed by atoms with van der Waals surface area (Å²) in [6.07, 6.45) is 1.00. The number of nitrogens with zero attached hydrogens (tertiary/aromatic N) is 1. The summed E-state index contributed by atoms with van der Waals surface area (Å²) in [4.78, 5) is 14.3. The lowest BCUT2D eigenvalue weighted by molar-refractivity contribution is -0.117. The van der Waals surface area contributed by atoms with Gasteiger partial charge in [-0.15, -0.1) is 0 Å². The number of nitrogens with one attached hydrogen (secondary N) is 1. The van der Waals surface area contributed by atoms with Crippen LogP contribution in [-0.2, 0) is 14.8 Å². The quantitative estimate of drug-likeness (QED) is 0.784. The minimum absolute atomic E-state index is 0.00225. The summed E-state index contributed by atoms with van der Waals surface area (Å²) >= 11 is 0. The van der Waals surface area contributed by atoms with E-state index >= 15 is 0 Å². The molecule has 0 fully saturated rings. The molecule has 0 radical (unpaired) electrons. The number of hydrogen-bond donors (Lipinski definition) is 2. The lowest BCUT2D eigenvalue weighted by Gasteiger charge is -2.25. The molecule has 1 unspecified atom stereocenters. The summed E-state index contributed by atoms with van der Waals surface area (Å²) in [7, 11) is -1.90. The topological polar surface area (TPSA) is 92.5 Å². The molecule has 0 heterocycles. The summed E-state index contributed by atoms with van der Waals surface area (Å²) < 4.78 is 23.1. The highest BCUT2D eigenvalue weighted by molar-refractivity contribution is 7.89.